The van der Waals surface area contributed by atoms with E-state index in [1.807, 2.05) is 0 Å². The van der Waals surface area contributed by atoms with E-state index >= 15 is 0 Å². The number of aliphatic hydroxyl groups is 1. The van der Waals surface area contributed by atoms with Crippen LogP contribution in [0.1, 0.15) is 31.7 Å². The molecule has 0 bridgehead atoms. The first kappa shape index (κ1) is 12.3. The Morgan fingerprint density at radius 3 is 2.94 bits per heavy atom. The minimum atomic E-state index is -0.881. The second kappa shape index (κ2) is 4.63. The van der Waals surface area contributed by atoms with Crippen molar-refractivity contribution in [2.45, 2.75) is 44.4 Å². The van der Waals surface area contributed by atoms with Crippen molar-refractivity contribution in [1.82, 2.24) is 0 Å². The van der Waals surface area contributed by atoms with Gasteiger partial charge in [-0.1, -0.05) is 12.1 Å². The number of rotatable bonds is 3. The lowest BCUT2D eigenvalue weighted by Crippen LogP contribution is -2.38. The average Bonchev–Trinajstić information content (AvgIpc) is 2.61. The normalized spacial score (nSPS) is 28.4. The molecular formula is C13H18FNO2. The van der Waals surface area contributed by atoms with Gasteiger partial charge >= 0.3 is 0 Å². The van der Waals surface area contributed by atoms with E-state index in [4.69, 9.17) is 10.5 Å². The number of para-hydroxylation sites is 1. The predicted octanol–water partition coefficient (Wildman–Crippen LogP) is 1.97. The Morgan fingerprint density at radius 1 is 1.59 bits per heavy atom. The van der Waals surface area contributed by atoms with Gasteiger partial charge in [-0.15, -0.1) is 0 Å². The van der Waals surface area contributed by atoms with Gasteiger partial charge < -0.3 is 15.6 Å². The second-order valence-electron chi connectivity index (χ2n) is 4.79. The molecule has 0 spiro atoms. The lowest BCUT2D eigenvalue weighted by atomic mass is 10.0. The number of halogens is 1. The molecule has 17 heavy (non-hydrogen) atoms. The van der Waals surface area contributed by atoms with Crippen molar-refractivity contribution in [3.05, 3.63) is 29.6 Å². The minimum absolute atomic E-state index is 0.183. The smallest absolute Gasteiger partial charge is 0.165 e. The largest absolute Gasteiger partial charge is 0.484 e. The quantitative estimate of drug-likeness (QED) is 0.847. The Bertz CT molecular complexity index is 406. The molecular weight excluding hydrogens is 221 g/mol. The van der Waals surface area contributed by atoms with Crippen LogP contribution in [0.25, 0.3) is 0 Å². The fourth-order valence-electron chi connectivity index (χ4n) is 2.29. The molecule has 3 N–H and O–H groups in total. The molecule has 1 aromatic carbocycles. The van der Waals surface area contributed by atoms with Crippen LogP contribution in [0, 0.1) is 5.82 Å². The molecule has 3 nitrogen and oxygen atoms in total. The Kier molecular flexibility index (Phi) is 3.35. The molecule has 0 aliphatic heterocycles. The minimum Gasteiger partial charge on any atom is -0.484 e. The monoisotopic (exact) mass is 239 g/mol. The van der Waals surface area contributed by atoms with Gasteiger partial charge in [-0.25, -0.2) is 4.39 Å². The summed E-state index contributed by atoms with van der Waals surface area (Å²) in [5.41, 5.74) is 5.30. The summed E-state index contributed by atoms with van der Waals surface area (Å²) < 4.78 is 19.3. The Balaban J connectivity index is 2.24. The lowest BCUT2D eigenvalue weighted by Gasteiger charge is -2.27. The molecule has 0 heterocycles. The summed E-state index contributed by atoms with van der Waals surface area (Å²) >= 11 is 0. The molecule has 4 heteroatoms. The topological polar surface area (TPSA) is 55.5 Å². The number of benzene rings is 1. The Labute approximate surface area is 100 Å². The van der Waals surface area contributed by atoms with Gasteiger partial charge in [0.25, 0.3) is 0 Å². The van der Waals surface area contributed by atoms with Crippen LogP contribution < -0.4 is 10.5 Å². The average molecular weight is 239 g/mol. The van der Waals surface area contributed by atoms with E-state index in [9.17, 15) is 9.50 Å². The summed E-state index contributed by atoms with van der Waals surface area (Å²) in [6, 6.07) is 4.69. The van der Waals surface area contributed by atoms with Crippen molar-refractivity contribution < 1.29 is 14.2 Å². The zero-order chi connectivity index (χ0) is 12.5. The molecule has 2 unspecified atom stereocenters. The molecule has 1 saturated carbocycles. The third-order valence-electron chi connectivity index (χ3n) is 3.37. The zero-order valence-corrected chi connectivity index (χ0v) is 9.95. The van der Waals surface area contributed by atoms with Gasteiger partial charge in [-0.2, -0.15) is 0 Å². The van der Waals surface area contributed by atoms with Gasteiger partial charge in [0.1, 0.15) is 6.10 Å². The van der Waals surface area contributed by atoms with Crippen LogP contribution in [0.4, 0.5) is 4.39 Å². The first-order valence-corrected chi connectivity index (χ1v) is 5.91. The van der Waals surface area contributed by atoms with E-state index in [2.05, 4.69) is 0 Å². The number of hydrogen-bond donors (Lipinski definition) is 2. The predicted molar refractivity (Wildman–Crippen MR) is 63.2 cm³/mol. The fraction of sp³-hybridized carbons (Fsp3) is 0.538. The van der Waals surface area contributed by atoms with Crippen LogP contribution in [-0.4, -0.2) is 16.8 Å². The third kappa shape index (κ3) is 2.42. The summed E-state index contributed by atoms with van der Waals surface area (Å²) in [6.07, 6.45) is 1.96. The van der Waals surface area contributed by atoms with E-state index in [-0.39, 0.29) is 18.4 Å². The standard InChI is InChI=1S/C13H18FNO2/c1-13(16)7-3-6-11(13)17-12-9(8-15)4-2-5-10(12)14/h2,4-5,11,16H,3,6-8,15H2,1H3. The zero-order valence-electron chi connectivity index (χ0n) is 9.95. The highest BCUT2D eigenvalue weighted by atomic mass is 19.1. The van der Waals surface area contributed by atoms with Crippen molar-refractivity contribution in [2.75, 3.05) is 0 Å². The third-order valence-corrected chi connectivity index (χ3v) is 3.37. The first-order chi connectivity index (χ1) is 8.04. The van der Waals surface area contributed by atoms with Crippen molar-refractivity contribution in [3.8, 4) is 5.75 Å². The van der Waals surface area contributed by atoms with Crippen LogP contribution in [0.5, 0.6) is 5.75 Å². The maximum atomic E-state index is 13.7. The van der Waals surface area contributed by atoms with Crippen molar-refractivity contribution in [1.29, 1.82) is 0 Å². The maximum Gasteiger partial charge on any atom is 0.165 e. The molecule has 2 atom stereocenters. The van der Waals surface area contributed by atoms with Crippen LogP contribution >= 0.6 is 0 Å². The second-order valence-corrected chi connectivity index (χ2v) is 4.79. The number of ether oxygens (including phenoxy) is 1. The molecule has 0 radical (unpaired) electrons. The van der Waals surface area contributed by atoms with Gasteiger partial charge in [0, 0.05) is 12.1 Å². The van der Waals surface area contributed by atoms with Gasteiger partial charge in [0.05, 0.1) is 5.60 Å². The van der Waals surface area contributed by atoms with Gasteiger partial charge in [0.2, 0.25) is 0 Å². The first-order valence-electron chi connectivity index (χ1n) is 5.91. The molecule has 1 fully saturated rings. The van der Waals surface area contributed by atoms with Crippen LogP contribution in [-0.2, 0) is 6.54 Å². The van der Waals surface area contributed by atoms with E-state index < -0.39 is 11.4 Å². The Hall–Kier alpha value is -1.13. The number of nitrogens with two attached hydrogens (primary N) is 1. The fourth-order valence-corrected chi connectivity index (χ4v) is 2.29. The van der Waals surface area contributed by atoms with Crippen LogP contribution in [0.2, 0.25) is 0 Å². The summed E-state index contributed by atoms with van der Waals surface area (Å²) in [5, 5.41) is 10.1. The van der Waals surface area contributed by atoms with Crippen molar-refractivity contribution in [3.63, 3.8) is 0 Å². The molecule has 94 valence electrons. The van der Waals surface area contributed by atoms with E-state index in [0.717, 1.165) is 12.8 Å². The van der Waals surface area contributed by atoms with E-state index in [1.165, 1.54) is 6.07 Å². The number of hydrogen-bond acceptors (Lipinski definition) is 3. The van der Waals surface area contributed by atoms with Gasteiger partial charge in [-0.05, 0) is 32.3 Å². The Morgan fingerprint density at radius 2 is 2.35 bits per heavy atom. The molecule has 0 amide bonds. The van der Waals surface area contributed by atoms with E-state index in [0.29, 0.717) is 12.0 Å². The van der Waals surface area contributed by atoms with Crippen molar-refractivity contribution in [2.24, 2.45) is 5.73 Å². The highest BCUT2D eigenvalue weighted by molar-refractivity contribution is 5.35. The van der Waals surface area contributed by atoms with Gasteiger partial charge in [-0.3, -0.25) is 0 Å². The summed E-state index contributed by atoms with van der Waals surface area (Å²) in [4.78, 5) is 0. The van der Waals surface area contributed by atoms with E-state index in [1.54, 1.807) is 19.1 Å². The maximum absolute atomic E-state index is 13.7. The molecule has 2 rings (SSSR count). The molecule has 0 saturated heterocycles. The molecule has 1 aliphatic rings. The van der Waals surface area contributed by atoms with Crippen LogP contribution in [0.3, 0.4) is 0 Å². The molecule has 0 aromatic heterocycles. The summed E-state index contributed by atoms with van der Waals surface area (Å²) in [5.74, 6) is -0.238. The highest BCUT2D eigenvalue weighted by Gasteiger charge is 2.39. The molecule has 1 aliphatic carbocycles. The summed E-state index contributed by atoms with van der Waals surface area (Å²) in [7, 11) is 0. The van der Waals surface area contributed by atoms with Crippen molar-refractivity contribution >= 4 is 0 Å². The lowest BCUT2D eigenvalue weighted by molar-refractivity contribution is -0.0269. The van der Waals surface area contributed by atoms with Crippen LogP contribution in [0.15, 0.2) is 18.2 Å². The molecule has 1 aromatic rings. The summed E-state index contributed by atoms with van der Waals surface area (Å²) in [6.45, 7) is 1.95. The SMILES string of the molecule is CC1(O)CCCC1Oc1c(F)cccc1CN. The highest BCUT2D eigenvalue weighted by Crippen LogP contribution is 2.34. The van der Waals surface area contributed by atoms with Gasteiger partial charge in [0.15, 0.2) is 11.6 Å².